The van der Waals surface area contributed by atoms with Crippen LogP contribution in [0.3, 0.4) is 0 Å². The summed E-state index contributed by atoms with van der Waals surface area (Å²) < 4.78 is 5.86. The first-order valence-corrected chi connectivity index (χ1v) is 7.54. The summed E-state index contributed by atoms with van der Waals surface area (Å²) in [6.45, 7) is 4.94. The molecule has 1 aliphatic rings. The van der Waals surface area contributed by atoms with Gasteiger partial charge in [-0.1, -0.05) is 25.1 Å². The van der Waals surface area contributed by atoms with E-state index in [0.29, 0.717) is 19.5 Å². The normalized spacial score (nSPS) is 15.7. The van der Waals surface area contributed by atoms with Gasteiger partial charge in [0.1, 0.15) is 5.75 Å². The van der Waals surface area contributed by atoms with E-state index in [9.17, 15) is 9.59 Å². The maximum absolute atomic E-state index is 12.4. The summed E-state index contributed by atoms with van der Waals surface area (Å²) in [5, 5.41) is 5.28. The lowest BCUT2D eigenvalue weighted by Gasteiger charge is -2.40. The third kappa shape index (κ3) is 3.69. The Bertz CT molecular complexity index is 541. The number of carbonyl (C=O) groups excluding carboxylic acids is 2. The molecule has 0 bridgehead atoms. The van der Waals surface area contributed by atoms with Gasteiger partial charge >= 0.3 is 6.03 Å². The molecule has 1 aromatic rings. The molecule has 6 nitrogen and oxygen atoms in total. The number of rotatable bonds is 5. The molecular weight excluding hydrogens is 282 g/mol. The van der Waals surface area contributed by atoms with Gasteiger partial charge in [0.25, 0.3) is 5.91 Å². The van der Waals surface area contributed by atoms with E-state index in [1.807, 2.05) is 38.1 Å². The minimum Gasteiger partial charge on any atom is -0.480 e. The number of hydrogen-bond donors (Lipinski definition) is 2. The van der Waals surface area contributed by atoms with Crippen LogP contribution in [-0.2, 0) is 4.79 Å². The van der Waals surface area contributed by atoms with Crippen LogP contribution in [0.2, 0.25) is 0 Å². The van der Waals surface area contributed by atoms with E-state index in [1.165, 1.54) is 0 Å². The quantitative estimate of drug-likeness (QED) is 0.861. The van der Waals surface area contributed by atoms with E-state index in [0.717, 1.165) is 11.3 Å². The maximum Gasteiger partial charge on any atom is 0.314 e. The maximum atomic E-state index is 12.4. The number of ether oxygens (including phenoxy) is 1. The summed E-state index contributed by atoms with van der Waals surface area (Å²) in [5.41, 5.74) is 1.01. The number of amides is 3. The van der Waals surface area contributed by atoms with Gasteiger partial charge in [0.05, 0.1) is 6.04 Å². The van der Waals surface area contributed by atoms with Crippen LogP contribution in [0.4, 0.5) is 4.79 Å². The van der Waals surface area contributed by atoms with Crippen molar-refractivity contribution in [3.8, 4) is 5.75 Å². The van der Waals surface area contributed by atoms with Crippen molar-refractivity contribution in [3.63, 3.8) is 0 Å². The molecule has 120 valence electrons. The average molecular weight is 305 g/mol. The summed E-state index contributed by atoms with van der Waals surface area (Å²) in [7, 11) is 1.57. The largest absolute Gasteiger partial charge is 0.480 e. The molecule has 2 rings (SSSR count). The van der Waals surface area contributed by atoms with E-state index in [2.05, 4.69) is 10.6 Å². The van der Waals surface area contributed by atoms with Gasteiger partial charge in [-0.3, -0.25) is 4.79 Å². The Kier molecular flexibility index (Phi) is 5.25. The number of benzene rings is 1. The van der Waals surface area contributed by atoms with Gasteiger partial charge in [-0.2, -0.15) is 0 Å². The van der Waals surface area contributed by atoms with Crippen molar-refractivity contribution in [2.75, 3.05) is 20.1 Å². The van der Waals surface area contributed by atoms with Gasteiger partial charge in [0.2, 0.25) is 0 Å². The molecule has 3 amide bonds. The number of urea groups is 1. The van der Waals surface area contributed by atoms with Gasteiger partial charge < -0.3 is 20.3 Å². The minimum atomic E-state index is -0.484. The van der Waals surface area contributed by atoms with Crippen molar-refractivity contribution in [2.45, 2.75) is 32.4 Å². The number of nitrogens with zero attached hydrogens (tertiary/aromatic N) is 1. The topological polar surface area (TPSA) is 70.7 Å². The van der Waals surface area contributed by atoms with Crippen molar-refractivity contribution in [2.24, 2.45) is 0 Å². The van der Waals surface area contributed by atoms with Gasteiger partial charge in [-0.25, -0.2) is 4.79 Å². The summed E-state index contributed by atoms with van der Waals surface area (Å²) in [6, 6.07) is 7.46. The van der Waals surface area contributed by atoms with Crippen LogP contribution < -0.4 is 15.4 Å². The Morgan fingerprint density at radius 1 is 1.36 bits per heavy atom. The highest BCUT2D eigenvalue weighted by Gasteiger charge is 2.35. The Morgan fingerprint density at radius 2 is 2.05 bits per heavy atom. The Labute approximate surface area is 130 Å². The summed E-state index contributed by atoms with van der Waals surface area (Å²) >= 11 is 0. The number of carbonyl (C=O) groups is 2. The molecule has 0 radical (unpaired) electrons. The van der Waals surface area contributed by atoms with Crippen molar-refractivity contribution in [1.82, 2.24) is 15.5 Å². The summed E-state index contributed by atoms with van der Waals surface area (Å²) in [6.07, 6.45) is 0.124. The standard InChI is InChI=1S/C16H23N3O3/c1-4-13(22-14-8-6-5-7-11(14)2)15(20)19-9-12(10-19)18-16(21)17-3/h5-8,12-13H,4,9-10H2,1-3H3,(H2,17,18,21)/t13-/m0/s1. The van der Waals surface area contributed by atoms with E-state index in [1.54, 1.807) is 11.9 Å². The Balaban J connectivity index is 1.88. The highest BCUT2D eigenvalue weighted by Crippen LogP contribution is 2.21. The van der Waals surface area contributed by atoms with Crippen molar-refractivity contribution >= 4 is 11.9 Å². The first-order valence-electron chi connectivity index (χ1n) is 7.54. The number of nitrogens with one attached hydrogen (secondary N) is 2. The lowest BCUT2D eigenvalue weighted by Crippen LogP contribution is -2.63. The van der Waals surface area contributed by atoms with Crippen LogP contribution >= 0.6 is 0 Å². The third-order valence-electron chi connectivity index (χ3n) is 3.76. The lowest BCUT2D eigenvalue weighted by atomic mass is 10.1. The predicted molar refractivity (Wildman–Crippen MR) is 83.8 cm³/mol. The molecule has 0 spiro atoms. The van der Waals surface area contributed by atoms with Crippen LogP contribution in [0.1, 0.15) is 18.9 Å². The highest BCUT2D eigenvalue weighted by atomic mass is 16.5. The van der Waals surface area contributed by atoms with Crippen LogP contribution in [0, 0.1) is 6.92 Å². The molecule has 0 saturated carbocycles. The SMILES string of the molecule is CC[C@H](Oc1ccccc1C)C(=O)N1CC(NC(=O)NC)C1. The van der Waals surface area contributed by atoms with Gasteiger partial charge in [-0.05, 0) is 25.0 Å². The fourth-order valence-corrected chi connectivity index (χ4v) is 2.36. The molecule has 0 aromatic heterocycles. The predicted octanol–water partition coefficient (Wildman–Crippen LogP) is 1.29. The second kappa shape index (κ2) is 7.15. The molecule has 2 N–H and O–H groups in total. The van der Waals surface area contributed by atoms with E-state index < -0.39 is 6.10 Å². The van der Waals surface area contributed by atoms with Crippen molar-refractivity contribution in [3.05, 3.63) is 29.8 Å². The number of likely N-dealkylation sites (tertiary alicyclic amines) is 1. The minimum absolute atomic E-state index is 0.0138. The summed E-state index contributed by atoms with van der Waals surface area (Å²) in [5.74, 6) is 0.712. The van der Waals surface area contributed by atoms with Crippen LogP contribution in [0.25, 0.3) is 0 Å². The van der Waals surface area contributed by atoms with Crippen molar-refractivity contribution < 1.29 is 14.3 Å². The first kappa shape index (κ1) is 16.1. The molecule has 6 heteroatoms. The Morgan fingerprint density at radius 3 is 2.64 bits per heavy atom. The average Bonchev–Trinajstić information content (AvgIpc) is 2.48. The van der Waals surface area contributed by atoms with Gasteiger partial charge in [-0.15, -0.1) is 0 Å². The fourth-order valence-electron chi connectivity index (χ4n) is 2.36. The summed E-state index contributed by atoms with van der Waals surface area (Å²) in [4.78, 5) is 25.4. The number of hydrogen-bond acceptors (Lipinski definition) is 3. The fraction of sp³-hybridized carbons (Fsp3) is 0.500. The molecule has 1 atom stereocenters. The first-order chi connectivity index (χ1) is 10.5. The van der Waals surface area contributed by atoms with E-state index in [-0.39, 0.29) is 18.0 Å². The molecular formula is C16H23N3O3. The molecule has 1 saturated heterocycles. The second-order valence-corrected chi connectivity index (χ2v) is 5.44. The van der Waals surface area contributed by atoms with Crippen LogP contribution in [0.5, 0.6) is 5.75 Å². The second-order valence-electron chi connectivity index (χ2n) is 5.44. The van der Waals surface area contributed by atoms with Gasteiger partial charge in [0.15, 0.2) is 6.10 Å². The number of aryl methyl sites for hydroxylation is 1. The molecule has 0 aliphatic carbocycles. The molecule has 0 unspecified atom stereocenters. The van der Waals surface area contributed by atoms with Crippen molar-refractivity contribution in [1.29, 1.82) is 0 Å². The zero-order valence-corrected chi connectivity index (χ0v) is 13.3. The van der Waals surface area contributed by atoms with Crippen LogP contribution in [0.15, 0.2) is 24.3 Å². The zero-order chi connectivity index (χ0) is 16.1. The molecule has 1 heterocycles. The third-order valence-corrected chi connectivity index (χ3v) is 3.76. The zero-order valence-electron chi connectivity index (χ0n) is 13.3. The monoisotopic (exact) mass is 305 g/mol. The van der Waals surface area contributed by atoms with Gasteiger partial charge in [0, 0.05) is 20.1 Å². The number of para-hydroxylation sites is 1. The molecule has 1 aliphatic heterocycles. The van der Waals surface area contributed by atoms with Crippen LogP contribution in [-0.4, -0.2) is 49.1 Å². The van der Waals surface area contributed by atoms with E-state index >= 15 is 0 Å². The molecule has 1 fully saturated rings. The van der Waals surface area contributed by atoms with E-state index in [4.69, 9.17) is 4.74 Å². The Hall–Kier alpha value is -2.24. The smallest absolute Gasteiger partial charge is 0.314 e. The molecule has 1 aromatic carbocycles. The molecule has 22 heavy (non-hydrogen) atoms. The lowest BCUT2D eigenvalue weighted by molar-refractivity contribution is -0.143. The highest BCUT2D eigenvalue weighted by molar-refractivity contribution is 5.82.